The number of benzene rings is 1. The molecule has 1 aliphatic heterocycles. The quantitative estimate of drug-likeness (QED) is 0.927. The fraction of sp³-hybridized carbons (Fsp3) is 0.250. The van der Waals surface area contributed by atoms with Crippen molar-refractivity contribution < 1.29 is 0 Å². The number of aryl methyl sites for hydroxylation is 1. The molecule has 1 aromatic heterocycles. The van der Waals surface area contributed by atoms with Crippen LogP contribution in [-0.2, 0) is 6.54 Å². The SMILES string of the molecule is Cc1ccncc1C1CN=C(N)N1Cc1ccccc1. The van der Waals surface area contributed by atoms with Crippen LogP contribution in [0.2, 0.25) is 0 Å². The zero-order valence-corrected chi connectivity index (χ0v) is 11.5. The third-order valence-electron chi connectivity index (χ3n) is 3.73. The number of pyridine rings is 1. The van der Waals surface area contributed by atoms with E-state index in [4.69, 9.17) is 5.73 Å². The van der Waals surface area contributed by atoms with Gasteiger partial charge in [-0.25, -0.2) is 0 Å². The first kappa shape index (κ1) is 12.7. The molecule has 1 aliphatic rings. The Morgan fingerprint density at radius 3 is 2.80 bits per heavy atom. The van der Waals surface area contributed by atoms with Gasteiger partial charge in [0.15, 0.2) is 5.96 Å². The highest BCUT2D eigenvalue weighted by Gasteiger charge is 2.28. The van der Waals surface area contributed by atoms with Crippen molar-refractivity contribution in [3.63, 3.8) is 0 Å². The first-order chi connectivity index (χ1) is 9.75. The molecule has 2 heterocycles. The minimum Gasteiger partial charge on any atom is -0.370 e. The molecular weight excluding hydrogens is 248 g/mol. The molecule has 0 saturated carbocycles. The number of nitrogens with zero attached hydrogens (tertiary/aromatic N) is 3. The highest BCUT2D eigenvalue weighted by molar-refractivity contribution is 5.80. The predicted molar refractivity (Wildman–Crippen MR) is 80.2 cm³/mol. The van der Waals surface area contributed by atoms with E-state index in [2.05, 4.69) is 33.9 Å². The van der Waals surface area contributed by atoms with Crippen molar-refractivity contribution in [3.8, 4) is 0 Å². The van der Waals surface area contributed by atoms with E-state index in [1.807, 2.05) is 36.7 Å². The first-order valence-corrected chi connectivity index (χ1v) is 6.76. The van der Waals surface area contributed by atoms with E-state index < -0.39 is 0 Å². The maximum absolute atomic E-state index is 6.06. The summed E-state index contributed by atoms with van der Waals surface area (Å²) < 4.78 is 0. The fourth-order valence-corrected chi connectivity index (χ4v) is 2.59. The highest BCUT2D eigenvalue weighted by Crippen LogP contribution is 2.28. The molecule has 0 radical (unpaired) electrons. The molecule has 0 amide bonds. The smallest absolute Gasteiger partial charge is 0.192 e. The van der Waals surface area contributed by atoms with Crippen LogP contribution in [0.4, 0.5) is 0 Å². The van der Waals surface area contributed by atoms with E-state index in [9.17, 15) is 0 Å². The van der Waals surface area contributed by atoms with E-state index in [0.29, 0.717) is 12.5 Å². The molecule has 2 N–H and O–H groups in total. The number of hydrogen-bond donors (Lipinski definition) is 1. The molecule has 1 aromatic carbocycles. The summed E-state index contributed by atoms with van der Waals surface area (Å²) >= 11 is 0. The van der Waals surface area contributed by atoms with Crippen molar-refractivity contribution in [1.29, 1.82) is 0 Å². The van der Waals surface area contributed by atoms with E-state index in [-0.39, 0.29) is 6.04 Å². The number of nitrogens with two attached hydrogens (primary N) is 1. The number of aliphatic imine (C=N–C) groups is 1. The summed E-state index contributed by atoms with van der Waals surface area (Å²) in [5, 5.41) is 0. The van der Waals surface area contributed by atoms with Crippen LogP contribution in [0.1, 0.15) is 22.7 Å². The van der Waals surface area contributed by atoms with Gasteiger partial charge in [0.1, 0.15) is 0 Å². The summed E-state index contributed by atoms with van der Waals surface area (Å²) in [5.41, 5.74) is 9.73. The normalized spacial score (nSPS) is 18.1. The fourth-order valence-electron chi connectivity index (χ4n) is 2.59. The summed E-state index contributed by atoms with van der Waals surface area (Å²) in [6, 6.07) is 12.5. The van der Waals surface area contributed by atoms with Crippen LogP contribution >= 0.6 is 0 Å². The average Bonchev–Trinajstić information content (AvgIpc) is 2.82. The molecule has 0 saturated heterocycles. The van der Waals surface area contributed by atoms with E-state index in [0.717, 1.165) is 6.54 Å². The summed E-state index contributed by atoms with van der Waals surface area (Å²) in [6.07, 6.45) is 3.74. The van der Waals surface area contributed by atoms with Crippen LogP contribution in [0.25, 0.3) is 0 Å². The molecule has 102 valence electrons. The molecule has 0 spiro atoms. The second-order valence-corrected chi connectivity index (χ2v) is 5.06. The molecule has 3 rings (SSSR count). The van der Waals surface area contributed by atoms with E-state index in [1.54, 1.807) is 0 Å². The molecule has 0 bridgehead atoms. The van der Waals surface area contributed by atoms with Gasteiger partial charge in [0.2, 0.25) is 0 Å². The van der Waals surface area contributed by atoms with Crippen molar-refractivity contribution in [2.24, 2.45) is 10.7 Å². The third-order valence-corrected chi connectivity index (χ3v) is 3.73. The Balaban J connectivity index is 1.87. The zero-order chi connectivity index (χ0) is 13.9. The van der Waals surface area contributed by atoms with Gasteiger partial charge in [-0.1, -0.05) is 30.3 Å². The number of hydrogen-bond acceptors (Lipinski definition) is 4. The second kappa shape index (κ2) is 5.33. The second-order valence-electron chi connectivity index (χ2n) is 5.06. The van der Waals surface area contributed by atoms with Crippen LogP contribution in [0.3, 0.4) is 0 Å². The molecule has 0 fully saturated rings. The highest BCUT2D eigenvalue weighted by atomic mass is 15.3. The van der Waals surface area contributed by atoms with Crippen LogP contribution in [0.15, 0.2) is 53.8 Å². The molecule has 2 aromatic rings. The molecule has 20 heavy (non-hydrogen) atoms. The zero-order valence-electron chi connectivity index (χ0n) is 11.5. The van der Waals surface area contributed by atoms with Crippen molar-refractivity contribution >= 4 is 5.96 Å². The van der Waals surface area contributed by atoms with Gasteiger partial charge in [-0.15, -0.1) is 0 Å². The predicted octanol–water partition coefficient (Wildman–Crippen LogP) is 2.26. The largest absolute Gasteiger partial charge is 0.370 e. The molecule has 4 nitrogen and oxygen atoms in total. The Kier molecular flexibility index (Phi) is 3.37. The summed E-state index contributed by atoms with van der Waals surface area (Å²) in [5.74, 6) is 0.613. The van der Waals surface area contributed by atoms with Crippen molar-refractivity contribution in [2.45, 2.75) is 19.5 Å². The average molecular weight is 266 g/mol. The van der Waals surface area contributed by atoms with Gasteiger partial charge in [0.05, 0.1) is 12.6 Å². The van der Waals surface area contributed by atoms with Gasteiger partial charge in [-0.2, -0.15) is 0 Å². The maximum Gasteiger partial charge on any atom is 0.192 e. The first-order valence-electron chi connectivity index (χ1n) is 6.76. The van der Waals surface area contributed by atoms with Gasteiger partial charge in [-0.3, -0.25) is 9.98 Å². The third kappa shape index (κ3) is 2.37. The van der Waals surface area contributed by atoms with Crippen LogP contribution < -0.4 is 5.73 Å². The Hall–Kier alpha value is -2.36. The van der Waals surface area contributed by atoms with Crippen molar-refractivity contribution in [3.05, 3.63) is 65.5 Å². The van der Waals surface area contributed by atoms with Gasteiger partial charge in [-0.05, 0) is 29.7 Å². The Labute approximate surface area is 119 Å². The van der Waals surface area contributed by atoms with E-state index in [1.165, 1.54) is 16.7 Å². The van der Waals surface area contributed by atoms with Crippen LogP contribution in [-0.4, -0.2) is 22.4 Å². The maximum atomic E-state index is 6.06. The number of rotatable bonds is 3. The molecular formula is C16H18N4. The van der Waals surface area contributed by atoms with Crippen molar-refractivity contribution in [1.82, 2.24) is 9.88 Å². The van der Waals surface area contributed by atoms with Crippen molar-refractivity contribution in [2.75, 3.05) is 6.54 Å². The van der Waals surface area contributed by atoms with Gasteiger partial charge in [0, 0.05) is 18.9 Å². The molecule has 1 unspecified atom stereocenters. The van der Waals surface area contributed by atoms with Crippen LogP contribution in [0, 0.1) is 6.92 Å². The van der Waals surface area contributed by atoms with Gasteiger partial charge in [0.25, 0.3) is 0 Å². The lowest BCUT2D eigenvalue weighted by Crippen LogP contribution is -2.35. The lowest BCUT2D eigenvalue weighted by Gasteiger charge is -2.27. The number of aromatic nitrogens is 1. The van der Waals surface area contributed by atoms with Gasteiger partial charge >= 0.3 is 0 Å². The summed E-state index contributed by atoms with van der Waals surface area (Å²) in [7, 11) is 0. The summed E-state index contributed by atoms with van der Waals surface area (Å²) in [6.45, 7) is 3.58. The topological polar surface area (TPSA) is 54.5 Å². The molecule has 1 atom stereocenters. The molecule has 4 heteroatoms. The lowest BCUT2D eigenvalue weighted by atomic mass is 10.0. The Bertz CT molecular complexity index is 621. The monoisotopic (exact) mass is 266 g/mol. The van der Waals surface area contributed by atoms with Crippen LogP contribution in [0.5, 0.6) is 0 Å². The Morgan fingerprint density at radius 1 is 1.25 bits per heavy atom. The van der Waals surface area contributed by atoms with Gasteiger partial charge < -0.3 is 10.6 Å². The number of guanidine groups is 1. The standard InChI is InChI=1S/C16H18N4/c1-12-7-8-18-9-14(12)15-10-19-16(17)20(15)11-13-5-3-2-4-6-13/h2-9,15H,10-11H2,1H3,(H2,17,19). The molecule has 0 aliphatic carbocycles. The van der Waals surface area contributed by atoms with E-state index >= 15 is 0 Å². The Morgan fingerprint density at radius 2 is 2.05 bits per heavy atom. The minimum absolute atomic E-state index is 0.184. The summed E-state index contributed by atoms with van der Waals surface area (Å²) in [4.78, 5) is 10.8. The minimum atomic E-state index is 0.184. The lowest BCUT2D eigenvalue weighted by molar-refractivity contribution is 0.339.